The molecule has 5 nitrogen and oxygen atoms in total. The van der Waals surface area contributed by atoms with Gasteiger partial charge in [-0.3, -0.25) is 0 Å². The van der Waals surface area contributed by atoms with Gasteiger partial charge in [0.25, 0.3) is 0 Å². The number of hydrogen-bond donors (Lipinski definition) is 3. The molecule has 1 aliphatic heterocycles. The lowest BCUT2D eigenvalue weighted by Crippen LogP contribution is -2.47. The zero-order valence-corrected chi connectivity index (χ0v) is 13.5. The first-order valence-corrected chi connectivity index (χ1v) is 7.98. The zero-order valence-electron chi connectivity index (χ0n) is 13.5. The van der Waals surface area contributed by atoms with Crippen LogP contribution in [0.4, 0.5) is 13.6 Å². The molecule has 132 valence electrons. The van der Waals surface area contributed by atoms with Gasteiger partial charge in [0.15, 0.2) is 11.6 Å². The molecule has 3 rings (SSSR count). The maximum absolute atomic E-state index is 13.6. The molecule has 0 bridgehead atoms. The van der Waals surface area contributed by atoms with Crippen LogP contribution in [-0.4, -0.2) is 18.7 Å². The molecule has 4 N–H and O–H groups in total. The lowest BCUT2D eigenvalue weighted by atomic mass is 10.0. The maximum atomic E-state index is 13.6. The summed E-state index contributed by atoms with van der Waals surface area (Å²) in [6.07, 6.45) is 0.308. The van der Waals surface area contributed by atoms with Gasteiger partial charge >= 0.3 is 6.03 Å². The van der Waals surface area contributed by atoms with Crippen molar-refractivity contribution in [2.45, 2.75) is 25.6 Å². The number of halogens is 2. The Balaban J connectivity index is 1.53. The predicted octanol–water partition coefficient (Wildman–Crippen LogP) is 2.23. The van der Waals surface area contributed by atoms with Gasteiger partial charge in [0, 0.05) is 24.7 Å². The highest BCUT2D eigenvalue weighted by Gasteiger charge is 2.24. The normalized spacial score (nSPS) is 15.9. The Morgan fingerprint density at radius 1 is 1.20 bits per heavy atom. The van der Waals surface area contributed by atoms with Gasteiger partial charge in [-0.15, -0.1) is 0 Å². The lowest BCUT2D eigenvalue weighted by molar-refractivity contribution is 0.209. The molecule has 1 aliphatic rings. The quantitative estimate of drug-likeness (QED) is 0.794. The summed E-state index contributed by atoms with van der Waals surface area (Å²) < 4.78 is 32.2. The second-order valence-electron chi connectivity index (χ2n) is 5.94. The average molecular weight is 347 g/mol. The van der Waals surface area contributed by atoms with Crippen molar-refractivity contribution in [3.05, 3.63) is 64.7 Å². The minimum absolute atomic E-state index is 0.0554. The largest absolute Gasteiger partial charge is 0.488 e. The van der Waals surface area contributed by atoms with E-state index in [1.807, 2.05) is 24.3 Å². The molecule has 0 radical (unpaired) electrons. The van der Waals surface area contributed by atoms with E-state index < -0.39 is 11.6 Å². The van der Waals surface area contributed by atoms with Gasteiger partial charge in [0.1, 0.15) is 12.4 Å². The van der Waals surface area contributed by atoms with Gasteiger partial charge in [-0.1, -0.05) is 24.3 Å². The molecule has 0 saturated carbocycles. The van der Waals surface area contributed by atoms with Crippen molar-refractivity contribution in [2.24, 2.45) is 5.73 Å². The first-order chi connectivity index (χ1) is 12.0. The molecule has 0 spiro atoms. The third-order valence-corrected chi connectivity index (χ3v) is 4.03. The molecule has 1 unspecified atom stereocenters. The van der Waals surface area contributed by atoms with Crippen LogP contribution in [0.15, 0.2) is 36.4 Å². The molecular formula is C18H19F2N3O2. The third kappa shape index (κ3) is 4.24. The van der Waals surface area contributed by atoms with Crippen LogP contribution in [0.1, 0.15) is 16.7 Å². The second-order valence-corrected chi connectivity index (χ2v) is 5.94. The van der Waals surface area contributed by atoms with Gasteiger partial charge in [0.05, 0.1) is 6.04 Å². The smallest absolute Gasteiger partial charge is 0.315 e. The van der Waals surface area contributed by atoms with Gasteiger partial charge in [-0.25, -0.2) is 13.6 Å². The van der Waals surface area contributed by atoms with Crippen molar-refractivity contribution in [2.75, 3.05) is 6.61 Å². The minimum Gasteiger partial charge on any atom is -0.488 e. The number of benzene rings is 2. The first kappa shape index (κ1) is 17.2. The number of carbonyl (C=O) groups is 1. The fourth-order valence-electron chi connectivity index (χ4n) is 2.74. The number of rotatable bonds is 4. The highest BCUT2D eigenvalue weighted by Crippen LogP contribution is 2.28. The number of nitrogens with one attached hydrogen (secondary N) is 2. The van der Waals surface area contributed by atoms with Crippen molar-refractivity contribution in [3.63, 3.8) is 0 Å². The van der Waals surface area contributed by atoms with Crippen LogP contribution < -0.4 is 21.1 Å². The van der Waals surface area contributed by atoms with E-state index in [4.69, 9.17) is 10.5 Å². The van der Waals surface area contributed by atoms with Crippen molar-refractivity contribution < 1.29 is 18.3 Å². The Hall–Kier alpha value is -2.67. The van der Waals surface area contributed by atoms with E-state index in [2.05, 4.69) is 10.6 Å². The van der Waals surface area contributed by atoms with E-state index in [-0.39, 0.29) is 24.4 Å². The SMILES string of the molecule is NCc1ccc(CNC(=O)NC2COc3c(F)cc(F)cc3C2)cc1. The van der Waals surface area contributed by atoms with Crippen molar-refractivity contribution in [3.8, 4) is 5.75 Å². The summed E-state index contributed by atoms with van der Waals surface area (Å²) in [5.74, 6) is -1.33. The van der Waals surface area contributed by atoms with E-state index >= 15 is 0 Å². The average Bonchev–Trinajstić information content (AvgIpc) is 2.60. The van der Waals surface area contributed by atoms with E-state index in [0.717, 1.165) is 17.2 Å². The number of urea groups is 1. The van der Waals surface area contributed by atoms with Crippen LogP contribution in [0.5, 0.6) is 5.75 Å². The van der Waals surface area contributed by atoms with Crippen LogP contribution in [0.2, 0.25) is 0 Å². The summed E-state index contributed by atoms with van der Waals surface area (Å²) >= 11 is 0. The van der Waals surface area contributed by atoms with Gasteiger partial charge in [0.2, 0.25) is 0 Å². The third-order valence-electron chi connectivity index (χ3n) is 4.03. The van der Waals surface area contributed by atoms with E-state index in [9.17, 15) is 13.6 Å². The number of amides is 2. The second kappa shape index (κ2) is 7.48. The molecule has 25 heavy (non-hydrogen) atoms. The Morgan fingerprint density at radius 3 is 2.64 bits per heavy atom. The number of hydrogen-bond acceptors (Lipinski definition) is 3. The van der Waals surface area contributed by atoms with Crippen molar-refractivity contribution in [1.82, 2.24) is 10.6 Å². The fourth-order valence-corrected chi connectivity index (χ4v) is 2.74. The minimum atomic E-state index is -0.723. The summed E-state index contributed by atoms with van der Waals surface area (Å²) in [5.41, 5.74) is 7.91. The van der Waals surface area contributed by atoms with E-state index in [1.165, 1.54) is 6.07 Å². The number of fused-ring (bicyclic) bond motifs is 1. The van der Waals surface area contributed by atoms with Crippen LogP contribution in [0.3, 0.4) is 0 Å². The molecule has 1 heterocycles. The fraction of sp³-hybridized carbons (Fsp3) is 0.278. The topological polar surface area (TPSA) is 76.4 Å². The van der Waals surface area contributed by atoms with Crippen molar-refractivity contribution >= 4 is 6.03 Å². The number of nitrogens with two attached hydrogens (primary N) is 1. The van der Waals surface area contributed by atoms with E-state index in [0.29, 0.717) is 25.1 Å². The molecule has 2 aromatic carbocycles. The summed E-state index contributed by atoms with van der Waals surface area (Å²) in [6, 6.07) is 8.90. The molecule has 0 saturated heterocycles. The monoisotopic (exact) mass is 347 g/mol. The summed E-state index contributed by atoms with van der Waals surface area (Å²) in [5, 5.41) is 5.50. The lowest BCUT2D eigenvalue weighted by Gasteiger charge is -2.26. The predicted molar refractivity (Wildman–Crippen MR) is 89.0 cm³/mol. The van der Waals surface area contributed by atoms with Crippen LogP contribution in [-0.2, 0) is 19.5 Å². The zero-order chi connectivity index (χ0) is 17.8. The van der Waals surface area contributed by atoms with Crippen LogP contribution in [0.25, 0.3) is 0 Å². The Morgan fingerprint density at radius 2 is 1.92 bits per heavy atom. The molecular weight excluding hydrogens is 328 g/mol. The number of carbonyl (C=O) groups excluding carboxylic acids is 1. The van der Waals surface area contributed by atoms with Gasteiger partial charge < -0.3 is 21.1 Å². The molecule has 0 fully saturated rings. The summed E-state index contributed by atoms with van der Waals surface area (Å²) in [7, 11) is 0. The first-order valence-electron chi connectivity index (χ1n) is 7.98. The van der Waals surface area contributed by atoms with Crippen LogP contribution >= 0.6 is 0 Å². The molecule has 2 amide bonds. The molecule has 1 atom stereocenters. The summed E-state index contributed by atoms with van der Waals surface area (Å²) in [6.45, 7) is 0.969. The molecule has 2 aromatic rings. The van der Waals surface area contributed by atoms with Crippen molar-refractivity contribution in [1.29, 1.82) is 0 Å². The van der Waals surface area contributed by atoms with E-state index in [1.54, 1.807) is 0 Å². The Kier molecular flexibility index (Phi) is 5.14. The highest BCUT2D eigenvalue weighted by molar-refractivity contribution is 5.74. The molecule has 0 aliphatic carbocycles. The molecule has 0 aromatic heterocycles. The maximum Gasteiger partial charge on any atom is 0.315 e. The summed E-state index contributed by atoms with van der Waals surface area (Å²) in [4.78, 5) is 12.0. The Bertz CT molecular complexity index is 766. The Labute approximate surface area is 144 Å². The van der Waals surface area contributed by atoms with Gasteiger partial charge in [-0.2, -0.15) is 0 Å². The van der Waals surface area contributed by atoms with Crippen LogP contribution in [0, 0.1) is 11.6 Å². The highest BCUT2D eigenvalue weighted by atomic mass is 19.1. The molecule has 7 heteroatoms. The van der Waals surface area contributed by atoms with Gasteiger partial charge in [-0.05, 0) is 23.6 Å². The standard InChI is InChI=1S/C18H19F2N3O2/c19-14-5-13-6-15(10-25-17(13)16(20)7-14)23-18(24)22-9-12-3-1-11(8-21)2-4-12/h1-5,7,15H,6,8-10,21H2,(H2,22,23,24). The number of ether oxygens (including phenoxy) is 1.